The van der Waals surface area contributed by atoms with Gasteiger partial charge in [-0.2, -0.15) is 0 Å². The number of benzene rings is 1. The lowest BCUT2D eigenvalue weighted by Crippen LogP contribution is -2.37. The van der Waals surface area contributed by atoms with Gasteiger partial charge in [-0.3, -0.25) is 0 Å². The van der Waals surface area contributed by atoms with Crippen LogP contribution in [0.4, 0.5) is 5.69 Å². The van der Waals surface area contributed by atoms with Crippen molar-refractivity contribution in [3.8, 4) is 0 Å². The second kappa shape index (κ2) is 5.93. The first-order valence-corrected chi connectivity index (χ1v) is 7.52. The van der Waals surface area contributed by atoms with E-state index in [1.54, 1.807) is 0 Å². The summed E-state index contributed by atoms with van der Waals surface area (Å²) in [6.45, 7) is 4.73. The van der Waals surface area contributed by atoms with Gasteiger partial charge < -0.3 is 15.4 Å². The SMILES string of the molecule is NCCN1CC[C@H](C2CCOCC2)c2ccccc21. The number of anilines is 1. The van der Waals surface area contributed by atoms with Gasteiger partial charge >= 0.3 is 0 Å². The summed E-state index contributed by atoms with van der Waals surface area (Å²) in [7, 11) is 0. The molecule has 1 aromatic rings. The fourth-order valence-electron chi connectivity index (χ4n) is 3.66. The van der Waals surface area contributed by atoms with E-state index in [0.29, 0.717) is 5.92 Å². The van der Waals surface area contributed by atoms with Crippen molar-refractivity contribution in [2.45, 2.75) is 25.2 Å². The van der Waals surface area contributed by atoms with Crippen LogP contribution in [-0.4, -0.2) is 32.8 Å². The van der Waals surface area contributed by atoms with Crippen LogP contribution < -0.4 is 10.6 Å². The third-order valence-corrected chi connectivity index (χ3v) is 4.62. The Morgan fingerprint density at radius 1 is 1.16 bits per heavy atom. The summed E-state index contributed by atoms with van der Waals surface area (Å²) in [5.41, 5.74) is 8.68. The molecule has 1 saturated heterocycles. The quantitative estimate of drug-likeness (QED) is 0.906. The maximum atomic E-state index is 5.74. The second-order valence-corrected chi connectivity index (χ2v) is 5.68. The molecule has 1 atom stereocenters. The van der Waals surface area contributed by atoms with Crippen molar-refractivity contribution >= 4 is 5.69 Å². The zero-order chi connectivity index (χ0) is 13.1. The molecule has 19 heavy (non-hydrogen) atoms. The molecule has 104 valence electrons. The predicted octanol–water partition coefficient (Wildman–Crippen LogP) is 2.37. The topological polar surface area (TPSA) is 38.5 Å². The zero-order valence-electron chi connectivity index (χ0n) is 11.6. The highest BCUT2D eigenvalue weighted by Crippen LogP contribution is 2.42. The highest BCUT2D eigenvalue weighted by atomic mass is 16.5. The fourth-order valence-corrected chi connectivity index (χ4v) is 3.66. The first-order chi connectivity index (χ1) is 9.40. The van der Waals surface area contributed by atoms with Crippen molar-refractivity contribution in [1.29, 1.82) is 0 Å². The minimum atomic E-state index is 0.717. The molecule has 1 fully saturated rings. The van der Waals surface area contributed by atoms with Crippen LogP contribution in [-0.2, 0) is 4.74 Å². The number of hydrogen-bond acceptors (Lipinski definition) is 3. The number of nitrogens with zero attached hydrogens (tertiary/aromatic N) is 1. The number of hydrogen-bond donors (Lipinski definition) is 1. The van der Waals surface area contributed by atoms with Crippen molar-refractivity contribution in [3.05, 3.63) is 29.8 Å². The third kappa shape index (κ3) is 2.63. The molecular formula is C16H24N2O. The number of ether oxygens (including phenoxy) is 1. The molecule has 1 aromatic carbocycles. The number of fused-ring (bicyclic) bond motifs is 1. The molecule has 0 bridgehead atoms. The molecule has 2 heterocycles. The molecule has 0 aromatic heterocycles. The second-order valence-electron chi connectivity index (χ2n) is 5.68. The van der Waals surface area contributed by atoms with Crippen LogP contribution in [0.3, 0.4) is 0 Å². The van der Waals surface area contributed by atoms with Gasteiger partial charge in [0.15, 0.2) is 0 Å². The summed E-state index contributed by atoms with van der Waals surface area (Å²) in [4.78, 5) is 2.45. The largest absolute Gasteiger partial charge is 0.381 e. The average Bonchev–Trinajstić information content (AvgIpc) is 2.49. The van der Waals surface area contributed by atoms with Gasteiger partial charge in [0.2, 0.25) is 0 Å². The van der Waals surface area contributed by atoms with Gasteiger partial charge in [0.25, 0.3) is 0 Å². The lowest BCUT2D eigenvalue weighted by molar-refractivity contribution is 0.0565. The minimum Gasteiger partial charge on any atom is -0.381 e. The minimum absolute atomic E-state index is 0.717. The molecule has 0 aliphatic carbocycles. The van der Waals surface area contributed by atoms with Gasteiger partial charge in [0.05, 0.1) is 0 Å². The van der Waals surface area contributed by atoms with E-state index >= 15 is 0 Å². The third-order valence-electron chi connectivity index (χ3n) is 4.62. The zero-order valence-corrected chi connectivity index (χ0v) is 11.6. The molecule has 0 unspecified atom stereocenters. The lowest BCUT2D eigenvalue weighted by Gasteiger charge is -2.40. The summed E-state index contributed by atoms with van der Waals surface area (Å²) >= 11 is 0. The fraction of sp³-hybridized carbons (Fsp3) is 0.625. The van der Waals surface area contributed by atoms with Gasteiger partial charge in [-0.1, -0.05) is 18.2 Å². The van der Waals surface area contributed by atoms with E-state index < -0.39 is 0 Å². The molecule has 0 spiro atoms. The van der Waals surface area contributed by atoms with Crippen LogP contribution in [0, 0.1) is 5.92 Å². The Kier molecular flexibility index (Phi) is 4.04. The van der Waals surface area contributed by atoms with E-state index in [1.807, 2.05) is 0 Å². The monoisotopic (exact) mass is 260 g/mol. The summed E-state index contributed by atoms with van der Waals surface area (Å²) in [6, 6.07) is 8.90. The van der Waals surface area contributed by atoms with E-state index in [-0.39, 0.29) is 0 Å². The molecule has 0 radical (unpaired) electrons. The molecule has 3 nitrogen and oxygen atoms in total. The summed E-state index contributed by atoms with van der Waals surface area (Å²) in [5, 5.41) is 0. The smallest absolute Gasteiger partial charge is 0.0468 e. The molecule has 2 aliphatic rings. The van der Waals surface area contributed by atoms with Crippen LogP contribution in [0.1, 0.15) is 30.7 Å². The average molecular weight is 260 g/mol. The predicted molar refractivity (Wildman–Crippen MR) is 78.6 cm³/mol. The van der Waals surface area contributed by atoms with Crippen LogP contribution in [0.2, 0.25) is 0 Å². The van der Waals surface area contributed by atoms with E-state index in [4.69, 9.17) is 10.5 Å². The molecule has 2 aliphatic heterocycles. The van der Waals surface area contributed by atoms with E-state index in [9.17, 15) is 0 Å². The summed E-state index contributed by atoms with van der Waals surface area (Å²) in [6.07, 6.45) is 3.70. The van der Waals surface area contributed by atoms with Gasteiger partial charge in [-0.05, 0) is 42.7 Å². The van der Waals surface area contributed by atoms with Crippen molar-refractivity contribution in [1.82, 2.24) is 0 Å². The molecule has 0 saturated carbocycles. The molecule has 2 N–H and O–H groups in total. The van der Waals surface area contributed by atoms with E-state index in [0.717, 1.165) is 38.8 Å². The molecule has 3 rings (SSSR count). The Bertz CT molecular complexity index is 415. The molecular weight excluding hydrogens is 236 g/mol. The standard InChI is InChI=1S/C16H24N2O/c17-8-10-18-9-5-14(13-6-11-19-12-7-13)15-3-1-2-4-16(15)18/h1-4,13-14H,5-12,17H2/t14-/m1/s1. The number of para-hydroxylation sites is 1. The van der Waals surface area contributed by atoms with Crippen LogP contribution in [0.25, 0.3) is 0 Å². The van der Waals surface area contributed by atoms with Crippen molar-refractivity contribution < 1.29 is 4.74 Å². The van der Waals surface area contributed by atoms with Crippen LogP contribution in [0.5, 0.6) is 0 Å². The number of nitrogens with two attached hydrogens (primary N) is 1. The normalized spacial score (nSPS) is 24.3. The Morgan fingerprint density at radius 2 is 1.95 bits per heavy atom. The van der Waals surface area contributed by atoms with Crippen LogP contribution >= 0.6 is 0 Å². The highest BCUT2D eigenvalue weighted by molar-refractivity contribution is 5.57. The van der Waals surface area contributed by atoms with Gasteiger partial charge in [0.1, 0.15) is 0 Å². The Labute approximate surface area is 115 Å². The molecule has 3 heteroatoms. The van der Waals surface area contributed by atoms with Gasteiger partial charge in [0, 0.05) is 38.5 Å². The Hall–Kier alpha value is -1.06. The van der Waals surface area contributed by atoms with Gasteiger partial charge in [-0.15, -0.1) is 0 Å². The van der Waals surface area contributed by atoms with Crippen molar-refractivity contribution in [2.75, 3.05) is 37.7 Å². The van der Waals surface area contributed by atoms with E-state index in [1.165, 1.54) is 30.5 Å². The number of rotatable bonds is 3. The lowest BCUT2D eigenvalue weighted by atomic mass is 9.77. The van der Waals surface area contributed by atoms with E-state index in [2.05, 4.69) is 29.2 Å². The van der Waals surface area contributed by atoms with Crippen molar-refractivity contribution in [2.24, 2.45) is 11.7 Å². The first kappa shape index (κ1) is 12.9. The first-order valence-electron chi connectivity index (χ1n) is 7.52. The maximum Gasteiger partial charge on any atom is 0.0468 e. The summed E-state index contributed by atoms with van der Waals surface area (Å²) < 4.78 is 5.51. The molecule has 0 amide bonds. The van der Waals surface area contributed by atoms with Crippen molar-refractivity contribution in [3.63, 3.8) is 0 Å². The summed E-state index contributed by atoms with van der Waals surface area (Å²) in [5.74, 6) is 1.52. The van der Waals surface area contributed by atoms with Gasteiger partial charge in [-0.25, -0.2) is 0 Å². The highest BCUT2D eigenvalue weighted by Gasteiger charge is 2.31. The Balaban J connectivity index is 1.85. The maximum absolute atomic E-state index is 5.74. The van der Waals surface area contributed by atoms with Crippen LogP contribution in [0.15, 0.2) is 24.3 Å². The Morgan fingerprint density at radius 3 is 2.74 bits per heavy atom.